The van der Waals surface area contributed by atoms with Gasteiger partial charge in [-0.15, -0.1) is 0 Å². The average Bonchev–Trinajstić information content (AvgIpc) is 3.17. The molecule has 130 valence electrons. The predicted octanol–water partition coefficient (Wildman–Crippen LogP) is 2.29. The topological polar surface area (TPSA) is 55.9 Å². The van der Waals surface area contributed by atoms with Gasteiger partial charge in [-0.3, -0.25) is 4.79 Å². The van der Waals surface area contributed by atoms with E-state index in [0.29, 0.717) is 12.5 Å². The van der Waals surface area contributed by atoms with E-state index in [1.54, 1.807) is 0 Å². The summed E-state index contributed by atoms with van der Waals surface area (Å²) in [5.41, 5.74) is 2.74. The summed E-state index contributed by atoms with van der Waals surface area (Å²) in [6, 6.07) is 6.13. The van der Waals surface area contributed by atoms with Crippen LogP contribution in [0.5, 0.6) is 0 Å². The molecule has 0 bridgehead atoms. The molecule has 1 unspecified atom stereocenters. The van der Waals surface area contributed by atoms with Crippen molar-refractivity contribution in [2.45, 2.75) is 32.2 Å². The van der Waals surface area contributed by atoms with Crippen molar-refractivity contribution in [3.63, 3.8) is 0 Å². The quantitative estimate of drug-likeness (QED) is 0.925. The van der Waals surface area contributed by atoms with Crippen molar-refractivity contribution in [2.75, 3.05) is 43.9 Å². The van der Waals surface area contributed by atoms with Gasteiger partial charge in [-0.05, 0) is 57.6 Å². The van der Waals surface area contributed by atoms with Crippen molar-refractivity contribution < 1.29 is 9.59 Å². The first-order valence-electron chi connectivity index (χ1n) is 8.59. The molecule has 0 aliphatic carbocycles. The standard InChI is InChI=1S/C18H26N4O2/c1-13-11-14(6-7-16(13)22-9-4-5-17(22)23)19-18(24)21-10-8-15(12-21)20(2)3/h6-7,11,15H,4-5,8-10,12H2,1-3H3,(H,19,24). The van der Waals surface area contributed by atoms with Gasteiger partial charge in [0.1, 0.15) is 0 Å². The zero-order valence-electron chi connectivity index (χ0n) is 14.7. The lowest BCUT2D eigenvalue weighted by Crippen LogP contribution is -2.36. The molecule has 2 saturated heterocycles. The molecule has 2 heterocycles. The Morgan fingerprint density at radius 2 is 2.08 bits per heavy atom. The number of hydrogen-bond donors (Lipinski definition) is 1. The molecule has 0 spiro atoms. The normalized spacial score (nSPS) is 21.0. The average molecular weight is 330 g/mol. The van der Waals surface area contributed by atoms with E-state index in [-0.39, 0.29) is 11.9 Å². The largest absolute Gasteiger partial charge is 0.323 e. The molecule has 3 amide bonds. The SMILES string of the molecule is Cc1cc(NC(=O)N2CCC(N(C)C)C2)ccc1N1CCCC1=O. The molecule has 2 fully saturated rings. The number of rotatable bonds is 3. The lowest BCUT2D eigenvalue weighted by molar-refractivity contribution is -0.117. The number of nitrogens with zero attached hydrogens (tertiary/aromatic N) is 3. The van der Waals surface area contributed by atoms with E-state index in [0.717, 1.165) is 49.4 Å². The number of aryl methyl sites for hydroxylation is 1. The highest BCUT2D eigenvalue weighted by Gasteiger charge is 2.28. The van der Waals surface area contributed by atoms with Crippen LogP contribution < -0.4 is 10.2 Å². The Balaban J connectivity index is 1.65. The number of nitrogens with one attached hydrogen (secondary N) is 1. The van der Waals surface area contributed by atoms with Crippen molar-refractivity contribution in [1.82, 2.24) is 9.80 Å². The Morgan fingerprint density at radius 3 is 2.67 bits per heavy atom. The highest BCUT2D eigenvalue weighted by atomic mass is 16.2. The molecule has 2 aliphatic rings. The number of likely N-dealkylation sites (N-methyl/N-ethyl adjacent to an activating group) is 1. The van der Waals surface area contributed by atoms with Gasteiger partial charge in [-0.1, -0.05) is 0 Å². The van der Waals surface area contributed by atoms with Gasteiger partial charge in [0.05, 0.1) is 0 Å². The Hall–Kier alpha value is -2.08. The summed E-state index contributed by atoms with van der Waals surface area (Å²) >= 11 is 0. The van der Waals surface area contributed by atoms with E-state index in [2.05, 4.69) is 10.2 Å². The minimum atomic E-state index is -0.0521. The number of carbonyl (C=O) groups excluding carboxylic acids is 2. The second kappa shape index (κ2) is 6.81. The van der Waals surface area contributed by atoms with Crippen LogP contribution in [0, 0.1) is 6.92 Å². The number of urea groups is 1. The molecule has 3 rings (SSSR count). The van der Waals surface area contributed by atoms with E-state index < -0.39 is 0 Å². The summed E-state index contributed by atoms with van der Waals surface area (Å²) in [6.07, 6.45) is 2.55. The third-order valence-corrected chi connectivity index (χ3v) is 4.99. The number of anilines is 2. The maximum atomic E-state index is 12.4. The molecular weight excluding hydrogens is 304 g/mol. The van der Waals surface area contributed by atoms with Gasteiger partial charge in [0.2, 0.25) is 5.91 Å². The van der Waals surface area contributed by atoms with Crippen molar-refractivity contribution >= 4 is 23.3 Å². The number of hydrogen-bond acceptors (Lipinski definition) is 3. The van der Waals surface area contributed by atoms with E-state index >= 15 is 0 Å². The van der Waals surface area contributed by atoms with Gasteiger partial charge in [0, 0.05) is 43.5 Å². The lowest BCUT2D eigenvalue weighted by Gasteiger charge is -2.22. The van der Waals surface area contributed by atoms with Crippen LogP contribution in [0.25, 0.3) is 0 Å². The second-order valence-electron chi connectivity index (χ2n) is 6.93. The fraction of sp³-hybridized carbons (Fsp3) is 0.556. The Kier molecular flexibility index (Phi) is 4.76. The van der Waals surface area contributed by atoms with Crippen molar-refractivity contribution in [3.05, 3.63) is 23.8 Å². The zero-order chi connectivity index (χ0) is 17.3. The van der Waals surface area contributed by atoms with Crippen LogP contribution >= 0.6 is 0 Å². The van der Waals surface area contributed by atoms with Gasteiger partial charge in [0.15, 0.2) is 0 Å². The maximum Gasteiger partial charge on any atom is 0.321 e. The highest BCUT2D eigenvalue weighted by molar-refractivity contribution is 5.97. The smallest absolute Gasteiger partial charge is 0.321 e. The Labute approximate surface area is 143 Å². The number of carbonyl (C=O) groups is 2. The van der Waals surface area contributed by atoms with Gasteiger partial charge < -0.3 is 20.0 Å². The molecule has 1 N–H and O–H groups in total. The first kappa shape index (κ1) is 16.8. The van der Waals surface area contributed by atoms with Crippen molar-refractivity contribution in [2.24, 2.45) is 0 Å². The molecule has 24 heavy (non-hydrogen) atoms. The van der Waals surface area contributed by atoms with Crippen LogP contribution in [0.2, 0.25) is 0 Å². The monoisotopic (exact) mass is 330 g/mol. The fourth-order valence-corrected chi connectivity index (χ4v) is 3.49. The first-order chi connectivity index (χ1) is 11.5. The Bertz CT molecular complexity index is 644. The summed E-state index contributed by atoms with van der Waals surface area (Å²) in [7, 11) is 4.10. The van der Waals surface area contributed by atoms with Crippen LogP contribution in [-0.2, 0) is 4.79 Å². The molecule has 0 aromatic heterocycles. The van der Waals surface area contributed by atoms with Crippen molar-refractivity contribution in [1.29, 1.82) is 0 Å². The van der Waals surface area contributed by atoms with Gasteiger partial charge in [-0.25, -0.2) is 4.79 Å². The number of likely N-dealkylation sites (tertiary alicyclic amines) is 1. The summed E-state index contributed by atoms with van der Waals surface area (Å²) in [4.78, 5) is 30.2. The summed E-state index contributed by atoms with van der Waals surface area (Å²) in [5, 5.41) is 2.98. The first-order valence-corrected chi connectivity index (χ1v) is 8.59. The molecule has 6 nitrogen and oxygen atoms in total. The predicted molar refractivity (Wildman–Crippen MR) is 95.4 cm³/mol. The van der Waals surface area contributed by atoms with Gasteiger partial charge in [-0.2, -0.15) is 0 Å². The molecule has 1 atom stereocenters. The maximum absolute atomic E-state index is 12.4. The minimum Gasteiger partial charge on any atom is -0.323 e. The van der Waals surface area contributed by atoms with Crippen LogP contribution in [0.15, 0.2) is 18.2 Å². The highest BCUT2D eigenvalue weighted by Crippen LogP contribution is 2.27. The van der Waals surface area contributed by atoms with Crippen LogP contribution in [0.1, 0.15) is 24.8 Å². The molecule has 1 aromatic carbocycles. The van der Waals surface area contributed by atoms with Crippen LogP contribution in [0.4, 0.5) is 16.2 Å². The third kappa shape index (κ3) is 3.38. The van der Waals surface area contributed by atoms with E-state index in [4.69, 9.17) is 0 Å². The molecule has 6 heteroatoms. The van der Waals surface area contributed by atoms with E-state index in [1.807, 2.05) is 49.0 Å². The minimum absolute atomic E-state index is 0.0521. The van der Waals surface area contributed by atoms with E-state index in [1.165, 1.54) is 0 Å². The second-order valence-corrected chi connectivity index (χ2v) is 6.93. The molecule has 0 radical (unpaired) electrons. The number of benzene rings is 1. The number of amides is 3. The molecule has 2 aliphatic heterocycles. The van der Waals surface area contributed by atoms with Gasteiger partial charge >= 0.3 is 6.03 Å². The fourth-order valence-electron chi connectivity index (χ4n) is 3.49. The summed E-state index contributed by atoms with van der Waals surface area (Å²) in [5.74, 6) is 0.182. The summed E-state index contributed by atoms with van der Waals surface area (Å²) in [6.45, 7) is 4.31. The van der Waals surface area contributed by atoms with E-state index in [9.17, 15) is 9.59 Å². The molecular formula is C18H26N4O2. The lowest BCUT2D eigenvalue weighted by atomic mass is 10.1. The van der Waals surface area contributed by atoms with Gasteiger partial charge in [0.25, 0.3) is 0 Å². The van der Waals surface area contributed by atoms with Crippen LogP contribution in [0.3, 0.4) is 0 Å². The zero-order valence-corrected chi connectivity index (χ0v) is 14.7. The Morgan fingerprint density at radius 1 is 1.29 bits per heavy atom. The molecule has 1 aromatic rings. The third-order valence-electron chi connectivity index (χ3n) is 4.99. The van der Waals surface area contributed by atoms with Crippen molar-refractivity contribution in [3.8, 4) is 0 Å². The summed E-state index contributed by atoms with van der Waals surface area (Å²) < 4.78 is 0. The van der Waals surface area contributed by atoms with Crippen LogP contribution in [-0.4, -0.2) is 61.5 Å². The molecule has 0 saturated carbocycles.